The monoisotopic (exact) mass is 343 g/mol. The SMILES string of the molecule is Cc1ccc(-c2nc3ccc(Cl)cn3c2C(C)C(N)=S)cc1C. The van der Waals surface area contributed by atoms with E-state index in [2.05, 4.69) is 32.0 Å². The fraction of sp³-hybridized carbons (Fsp3) is 0.222. The summed E-state index contributed by atoms with van der Waals surface area (Å²) in [7, 11) is 0. The van der Waals surface area contributed by atoms with E-state index in [1.54, 1.807) is 0 Å². The molecule has 0 aliphatic heterocycles. The number of thiocarbonyl (C=S) groups is 1. The maximum Gasteiger partial charge on any atom is 0.137 e. The van der Waals surface area contributed by atoms with Gasteiger partial charge in [-0.2, -0.15) is 0 Å². The Balaban J connectivity index is 2.32. The van der Waals surface area contributed by atoms with Crippen molar-refractivity contribution in [2.75, 3.05) is 0 Å². The summed E-state index contributed by atoms with van der Waals surface area (Å²) in [5.41, 5.74) is 12.2. The first-order valence-electron chi connectivity index (χ1n) is 7.43. The molecule has 0 fully saturated rings. The molecular formula is C18H18ClN3S. The minimum absolute atomic E-state index is 0.102. The summed E-state index contributed by atoms with van der Waals surface area (Å²) >= 11 is 11.4. The smallest absolute Gasteiger partial charge is 0.137 e. The Labute approximate surface area is 146 Å². The molecule has 0 aliphatic rings. The van der Waals surface area contributed by atoms with Gasteiger partial charge in [0.05, 0.1) is 21.4 Å². The third-order valence-electron chi connectivity index (χ3n) is 4.24. The van der Waals surface area contributed by atoms with E-state index in [1.807, 2.05) is 29.7 Å². The average Bonchev–Trinajstić information content (AvgIpc) is 2.87. The molecule has 1 aromatic carbocycles. The fourth-order valence-electron chi connectivity index (χ4n) is 2.69. The maximum absolute atomic E-state index is 6.16. The first kappa shape index (κ1) is 16.0. The van der Waals surface area contributed by atoms with E-state index >= 15 is 0 Å². The van der Waals surface area contributed by atoms with Crippen LogP contribution in [0.25, 0.3) is 16.9 Å². The molecule has 5 heteroatoms. The first-order valence-corrected chi connectivity index (χ1v) is 8.21. The molecule has 3 nitrogen and oxygen atoms in total. The Bertz CT molecular complexity index is 914. The van der Waals surface area contributed by atoms with Gasteiger partial charge in [0.25, 0.3) is 0 Å². The topological polar surface area (TPSA) is 43.3 Å². The van der Waals surface area contributed by atoms with Gasteiger partial charge in [-0.05, 0) is 43.2 Å². The van der Waals surface area contributed by atoms with Crippen LogP contribution < -0.4 is 5.73 Å². The number of aryl methyl sites for hydroxylation is 2. The van der Waals surface area contributed by atoms with Gasteiger partial charge in [-0.3, -0.25) is 0 Å². The van der Waals surface area contributed by atoms with Crippen LogP contribution in [-0.2, 0) is 0 Å². The van der Waals surface area contributed by atoms with Crippen molar-refractivity contribution < 1.29 is 0 Å². The fourth-order valence-corrected chi connectivity index (χ4v) is 2.96. The number of hydrogen-bond acceptors (Lipinski definition) is 2. The first-order chi connectivity index (χ1) is 10.9. The molecule has 1 unspecified atom stereocenters. The zero-order chi connectivity index (χ0) is 16.7. The average molecular weight is 344 g/mol. The third-order valence-corrected chi connectivity index (χ3v) is 4.81. The standard InChI is InChI=1S/C18H18ClN3S/c1-10-4-5-13(8-11(10)2)16-17(12(3)18(20)23)22-9-14(19)6-7-15(22)21-16/h4-9,12H,1-3H3,(H2,20,23). The summed E-state index contributed by atoms with van der Waals surface area (Å²) in [6, 6.07) is 10.1. The summed E-state index contributed by atoms with van der Waals surface area (Å²) < 4.78 is 1.98. The summed E-state index contributed by atoms with van der Waals surface area (Å²) in [4.78, 5) is 5.23. The highest BCUT2D eigenvalue weighted by Gasteiger charge is 2.21. The highest BCUT2D eigenvalue weighted by Crippen LogP contribution is 2.32. The summed E-state index contributed by atoms with van der Waals surface area (Å²) in [6.07, 6.45) is 1.86. The molecule has 0 saturated heterocycles. The van der Waals surface area contributed by atoms with Crippen LogP contribution >= 0.6 is 23.8 Å². The Morgan fingerprint density at radius 2 is 1.96 bits per heavy atom. The molecule has 0 aliphatic carbocycles. The van der Waals surface area contributed by atoms with Crippen molar-refractivity contribution in [3.8, 4) is 11.3 Å². The van der Waals surface area contributed by atoms with Gasteiger partial charge in [-0.15, -0.1) is 0 Å². The largest absolute Gasteiger partial charge is 0.393 e. The van der Waals surface area contributed by atoms with Gasteiger partial charge in [-0.25, -0.2) is 4.98 Å². The van der Waals surface area contributed by atoms with E-state index in [0.717, 1.165) is 22.6 Å². The predicted molar refractivity (Wildman–Crippen MR) is 100 cm³/mol. The van der Waals surface area contributed by atoms with E-state index in [-0.39, 0.29) is 5.92 Å². The third kappa shape index (κ3) is 2.84. The van der Waals surface area contributed by atoms with Gasteiger partial charge in [0.1, 0.15) is 5.65 Å². The van der Waals surface area contributed by atoms with Crippen LogP contribution in [0.4, 0.5) is 0 Å². The second-order valence-corrected chi connectivity index (χ2v) is 6.75. The van der Waals surface area contributed by atoms with Crippen molar-refractivity contribution in [3.63, 3.8) is 0 Å². The van der Waals surface area contributed by atoms with Crippen molar-refractivity contribution >= 4 is 34.5 Å². The lowest BCUT2D eigenvalue weighted by Gasteiger charge is -2.13. The van der Waals surface area contributed by atoms with Crippen LogP contribution in [0.5, 0.6) is 0 Å². The van der Waals surface area contributed by atoms with Crippen molar-refractivity contribution in [2.45, 2.75) is 26.7 Å². The lowest BCUT2D eigenvalue weighted by molar-refractivity contribution is 0.930. The number of hydrogen-bond donors (Lipinski definition) is 1. The van der Waals surface area contributed by atoms with Crippen LogP contribution in [0.3, 0.4) is 0 Å². The maximum atomic E-state index is 6.16. The van der Waals surface area contributed by atoms with Crippen LogP contribution in [0, 0.1) is 13.8 Å². The minimum atomic E-state index is -0.102. The molecule has 2 heterocycles. The van der Waals surface area contributed by atoms with Crippen molar-refractivity contribution in [1.29, 1.82) is 0 Å². The highest BCUT2D eigenvalue weighted by atomic mass is 35.5. The zero-order valence-electron chi connectivity index (χ0n) is 13.3. The van der Waals surface area contributed by atoms with Crippen LogP contribution in [0.15, 0.2) is 36.5 Å². The molecule has 2 aromatic heterocycles. The molecule has 118 valence electrons. The zero-order valence-corrected chi connectivity index (χ0v) is 14.9. The number of halogens is 1. The van der Waals surface area contributed by atoms with Crippen LogP contribution in [0.2, 0.25) is 5.02 Å². The number of benzene rings is 1. The normalized spacial score (nSPS) is 12.5. The quantitative estimate of drug-likeness (QED) is 0.703. The van der Waals surface area contributed by atoms with Gasteiger partial charge in [0, 0.05) is 17.7 Å². The summed E-state index contributed by atoms with van der Waals surface area (Å²) in [5, 5.41) is 0.651. The number of nitrogens with two attached hydrogens (primary N) is 1. The van der Waals surface area contributed by atoms with E-state index in [1.165, 1.54) is 11.1 Å². The van der Waals surface area contributed by atoms with E-state index in [0.29, 0.717) is 10.0 Å². The van der Waals surface area contributed by atoms with E-state index in [4.69, 9.17) is 34.5 Å². The Morgan fingerprint density at radius 3 is 2.61 bits per heavy atom. The number of pyridine rings is 1. The van der Waals surface area contributed by atoms with Crippen LogP contribution in [0.1, 0.15) is 29.7 Å². The molecule has 1 atom stereocenters. The number of aromatic nitrogens is 2. The molecular weight excluding hydrogens is 326 g/mol. The molecule has 23 heavy (non-hydrogen) atoms. The number of fused-ring (bicyclic) bond motifs is 1. The van der Waals surface area contributed by atoms with E-state index in [9.17, 15) is 0 Å². The second kappa shape index (κ2) is 5.95. The molecule has 3 rings (SSSR count). The van der Waals surface area contributed by atoms with Crippen molar-refractivity contribution in [3.05, 3.63) is 58.4 Å². The summed E-state index contributed by atoms with van der Waals surface area (Å²) in [6.45, 7) is 6.19. The van der Waals surface area contributed by atoms with Gasteiger partial charge >= 0.3 is 0 Å². The molecule has 3 aromatic rings. The van der Waals surface area contributed by atoms with Gasteiger partial charge in [0.15, 0.2) is 0 Å². The lowest BCUT2D eigenvalue weighted by Crippen LogP contribution is -2.18. The number of nitrogens with zero attached hydrogens (tertiary/aromatic N) is 2. The minimum Gasteiger partial charge on any atom is -0.393 e. The van der Waals surface area contributed by atoms with Crippen molar-refractivity contribution in [2.24, 2.45) is 5.73 Å². The second-order valence-electron chi connectivity index (χ2n) is 5.84. The molecule has 0 amide bonds. The highest BCUT2D eigenvalue weighted by molar-refractivity contribution is 7.80. The Kier molecular flexibility index (Phi) is 4.13. The Hall–Kier alpha value is -1.91. The summed E-state index contributed by atoms with van der Waals surface area (Å²) in [5.74, 6) is -0.102. The van der Waals surface area contributed by atoms with Gasteiger partial charge in [-0.1, -0.05) is 42.9 Å². The van der Waals surface area contributed by atoms with Crippen LogP contribution in [-0.4, -0.2) is 14.4 Å². The molecule has 0 spiro atoms. The molecule has 0 radical (unpaired) electrons. The van der Waals surface area contributed by atoms with Crippen molar-refractivity contribution in [1.82, 2.24) is 9.38 Å². The van der Waals surface area contributed by atoms with Gasteiger partial charge in [0.2, 0.25) is 0 Å². The molecule has 0 saturated carbocycles. The van der Waals surface area contributed by atoms with E-state index < -0.39 is 0 Å². The Morgan fingerprint density at radius 1 is 1.22 bits per heavy atom. The molecule has 2 N–H and O–H groups in total. The number of rotatable bonds is 3. The number of imidazole rings is 1. The van der Waals surface area contributed by atoms with Gasteiger partial charge < -0.3 is 10.1 Å². The lowest BCUT2D eigenvalue weighted by atomic mass is 9.99. The predicted octanol–water partition coefficient (Wildman–Crippen LogP) is 4.66. The molecule has 0 bridgehead atoms.